The quantitative estimate of drug-likeness (QED) is 0.547. The van der Waals surface area contributed by atoms with E-state index in [0.717, 1.165) is 19.3 Å². The lowest BCUT2D eigenvalue weighted by atomic mass is 9.81. The van der Waals surface area contributed by atoms with Crippen molar-refractivity contribution in [2.24, 2.45) is 0 Å². The van der Waals surface area contributed by atoms with Gasteiger partial charge in [0, 0.05) is 8.59 Å². The van der Waals surface area contributed by atoms with Crippen LogP contribution < -0.4 is 5.32 Å². The summed E-state index contributed by atoms with van der Waals surface area (Å²) in [5.74, 6) is -1.44. The number of nitrogens with one attached hydrogen (secondary N) is 1. The van der Waals surface area contributed by atoms with Crippen molar-refractivity contribution in [1.29, 1.82) is 0 Å². The Morgan fingerprint density at radius 1 is 1.19 bits per heavy atom. The van der Waals surface area contributed by atoms with Gasteiger partial charge in [0.2, 0.25) is 0 Å². The SMILES string of the molecule is O=C(NC1(C(=O)O)CCCCC1)c1cc(Cl)cc(Cl)c1I. The summed E-state index contributed by atoms with van der Waals surface area (Å²) in [4.78, 5) is 24.0. The van der Waals surface area contributed by atoms with E-state index in [-0.39, 0.29) is 0 Å². The number of rotatable bonds is 3. The van der Waals surface area contributed by atoms with Gasteiger partial charge in [-0.05, 0) is 47.6 Å². The summed E-state index contributed by atoms with van der Waals surface area (Å²) in [6, 6.07) is 3.05. The number of carbonyl (C=O) groups is 2. The fraction of sp³-hybridized carbons (Fsp3) is 0.429. The molecule has 0 heterocycles. The first-order valence-electron chi connectivity index (χ1n) is 6.56. The van der Waals surface area contributed by atoms with Crippen molar-refractivity contribution in [3.05, 3.63) is 31.3 Å². The standard InChI is InChI=1S/C14H14Cl2INO3/c15-8-6-9(11(17)10(16)7-8)12(19)18-14(13(20)21)4-2-1-3-5-14/h6-7H,1-5H2,(H,18,19)(H,20,21). The Kier molecular flexibility index (Phi) is 5.38. The third-order valence-corrected chi connectivity index (χ3v) is 5.70. The average molecular weight is 442 g/mol. The molecule has 0 atom stereocenters. The van der Waals surface area contributed by atoms with Crippen LogP contribution in [0.1, 0.15) is 42.5 Å². The number of halogens is 3. The van der Waals surface area contributed by atoms with Crippen LogP contribution in [0, 0.1) is 3.57 Å². The van der Waals surface area contributed by atoms with Crippen LogP contribution in [0.15, 0.2) is 12.1 Å². The largest absolute Gasteiger partial charge is 0.480 e. The summed E-state index contributed by atoms with van der Waals surface area (Å²) in [5, 5.41) is 12.9. The molecule has 114 valence electrons. The third kappa shape index (κ3) is 3.63. The zero-order valence-corrected chi connectivity index (χ0v) is 14.8. The number of hydrogen-bond acceptors (Lipinski definition) is 2. The molecule has 21 heavy (non-hydrogen) atoms. The summed E-state index contributed by atoms with van der Waals surface area (Å²) < 4.78 is 0.563. The van der Waals surface area contributed by atoms with E-state index in [4.69, 9.17) is 23.2 Å². The number of carbonyl (C=O) groups excluding carboxylic acids is 1. The molecule has 1 saturated carbocycles. The summed E-state index contributed by atoms with van der Waals surface area (Å²) in [6.07, 6.45) is 3.46. The lowest BCUT2D eigenvalue weighted by Gasteiger charge is -2.34. The van der Waals surface area contributed by atoms with Crippen LogP contribution in [0.5, 0.6) is 0 Å². The fourth-order valence-corrected chi connectivity index (χ4v) is 3.60. The van der Waals surface area contributed by atoms with Crippen molar-refractivity contribution in [3.63, 3.8) is 0 Å². The van der Waals surface area contributed by atoms with E-state index in [1.54, 1.807) is 6.07 Å². The summed E-state index contributed by atoms with van der Waals surface area (Å²) in [6.45, 7) is 0. The molecule has 1 aromatic rings. The predicted octanol–water partition coefficient (Wildman–Crippen LogP) is 4.12. The fourth-order valence-electron chi connectivity index (χ4n) is 2.55. The maximum Gasteiger partial charge on any atom is 0.329 e. The van der Waals surface area contributed by atoms with Crippen LogP contribution in [-0.2, 0) is 4.79 Å². The Labute approximate surface area is 146 Å². The van der Waals surface area contributed by atoms with Crippen LogP contribution in [-0.4, -0.2) is 22.5 Å². The van der Waals surface area contributed by atoms with Crippen molar-refractivity contribution in [2.45, 2.75) is 37.6 Å². The number of carboxylic acids is 1. The second-order valence-electron chi connectivity index (χ2n) is 5.15. The zero-order chi connectivity index (χ0) is 15.6. The van der Waals surface area contributed by atoms with E-state index >= 15 is 0 Å². The van der Waals surface area contributed by atoms with Gasteiger partial charge in [0.25, 0.3) is 5.91 Å². The van der Waals surface area contributed by atoms with Gasteiger partial charge in [-0.1, -0.05) is 42.5 Å². The highest BCUT2D eigenvalue weighted by molar-refractivity contribution is 14.1. The first kappa shape index (κ1) is 16.8. The van der Waals surface area contributed by atoms with Crippen molar-refractivity contribution in [2.75, 3.05) is 0 Å². The number of hydrogen-bond donors (Lipinski definition) is 2. The number of amides is 1. The molecule has 0 aliphatic heterocycles. The molecule has 0 saturated heterocycles. The molecule has 2 N–H and O–H groups in total. The van der Waals surface area contributed by atoms with Crippen LogP contribution in [0.25, 0.3) is 0 Å². The number of aliphatic carboxylic acids is 1. The Morgan fingerprint density at radius 3 is 2.38 bits per heavy atom. The molecule has 1 aliphatic rings. The highest BCUT2D eigenvalue weighted by atomic mass is 127. The van der Waals surface area contributed by atoms with Crippen molar-refractivity contribution >= 4 is 57.7 Å². The highest BCUT2D eigenvalue weighted by Gasteiger charge is 2.41. The molecule has 0 radical (unpaired) electrons. The summed E-state index contributed by atoms with van der Waals surface area (Å²) in [7, 11) is 0. The highest BCUT2D eigenvalue weighted by Crippen LogP contribution is 2.31. The molecule has 0 bridgehead atoms. The Balaban J connectivity index is 2.30. The molecule has 0 spiro atoms. The van der Waals surface area contributed by atoms with Crippen LogP contribution >= 0.6 is 45.8 Å². The van der Waals surface area contributed by atoms with Crippen molar-refractivity contribution < 1.29 is 14.7 Å². The zero-order valence-electron chi connectivity index (χ0n) is 11.1. The van der Waals surface area contributed by atoms with Gasteiger partial charge in [-0.15, -0.1) is 0 Å². The van der Waals surface area contributed by atoms with Crippen LogP contribution in [0.4, 0.5) is 0 Å². The van der Waals surface area contributed by atoms with E-state index in [1.807, 2.05) is 22.6 Å². The van der Waals surface area contributed by atoms with Gasteiger partial charge in [0.1, 0.15) is 5.54 Å². The molecular formula is C14H14Cl2INO3. The molecule has 2 rings (SSSR count). The molecule has 1 fully saturated rings. The Morgan fingerprint density at radius 2 is 1.81 bits per heavy atom. The first-order valence-corrected chi connectivity index (χ1v) is 8.40. The maximum atomic E-state index is 12.5. The average Bonchev–Trinajstić information content (AvgIpc) is 2.43. The minimum atomic E-state index is -1.19. The minimum absolute atomic E-state index is 0.305. The van der Waals surface area contributed by atoms with Gasteiger partial charge in [-0.25, -0.2) is 4.79 Å². The van der Waals surface area contributed by atoms with E-state index in [1.165, 1.54) is 6.07 Å². The number of carboxylic acid groups (broad SMARTS) is 1. The lowest BCUT2D eigenvalue weighted by molar-refractivity contribution is -0.145. The third-order valence-electron chi connectivity index (χ3n) is 3.71. The maximum absolute atomic E-state index is 12.5. The Hall–Kier alpha value is -0.530. The molecule has 7 heteroatoms. The molecule has 1 amide bonds. The van der Waals surface area contributed by atoms with Gasteiger partial charge < -0.3 is 10.4 Å². The minimum Gasteiger partial charge on any atom is -0.480 e. The van der Waals surface area contributed by atoms with Gasteiger partial charge in [0.15, 0.2) is 0 Å². The molecule has 1 aliphatic carbocycles. The lowest BCUT2D eigenvalue weighted by Crippen LogP contribution is -2.55. The number of benzene rings is 1. The van der Waals surface area contributed by atoms with E-state index in [2.05, 4.69) is 5.32 Å². The molecule has 0 unspecified atom stereocenters. The van der Waals surface area contributed by atoms with Gasteiger partial charge in [-0.3, -0.25) is 4.79 Å². The van der Waals surface area contributed by atoms with E-state index in [9.17, 15) is 14.7 Å². The van der Waals surface area contributed by atoms with E-state index < -0.39 is 17.4 Å². The second kappa shape index (κ2) is 6.71. The Bertz CT molecular complexity index is 586. The smallest absolute Gasteiger partial charge is 0.329 e. The van der Waals surface area contributed by atoms with Gasteiger partial charge >= 0.3 is 5.97 Å². The van der Waals surface area contributed by atoms with Crippen LogP contribution in [0.3, 0.4) is 0 Å². The first-order chi connectivity index (χ1) is 9.85. The predicted molar refractivity (Wildman–Crippen MR) is 90.1 cm³/mol. The van der Waals surface area contributed by atoms with Crippen LogP contribution in [0.2, 0.25) is 10.0 Å². The van der Waals surface area contributed by atoms with E-state index in [0.29, 0.717) is 32.0 Å². The molecular weight excluding hydrogens is 428 g/mol. The molecule has 1 aromatic carbocycles. The monoisotopic (exact) mass is 441 g/mol. The van der Waals surface area contributed by atoms with Crippen molar-refractivity contribution in [3.8, 4) is 0 Å². The molecule has 4 nitrogen and oxygen atoms in total. The van der Waals surface area contributed by atoms with Crippen molar-refractivity contribution in [1.82, 2.24) is 5.32 Å². The van der Waals surface area contributed by atoms with Gasteiger partial charge in [-0.2, -0.15) is 0 Å². The van der Waals surface area contributed by atoms with Gasteiger partial charge in [0.05, 0.1) is 10.6 Å². The topological polar surface area (TPSA) is 66.4 Å². The summed E-state index contributed by atoms with van der Waals surface area (Å²) >= 11 is 13.9. The normalized spacial score (nSPS) is 17.3. The second-order valence-corrected chi connectivity index (χ2v) is 7.07. The summed E-state index contributed by atoms with van der Waals surface area (Å²) in [5.41, 5.74) is -0.882. The molecule has 0 aromatic heterocycles.